The predicted octanol–water partition coefficient (Wildman–Crippen LogP) is 4.59. The smallest absolute Gasteiger partial charge is 0.0466 e. The highest BCUT2D eigenvalue weighted by atomic mass is 79.9. The van der Waals surface area contributed by atoms with E-state index in [-0.39, 0.29) is 0 Å². The van der Waals surface area contributed by atoms with E-state index in [2.05, 4.69) is 47.1 Å². The van der Waals surface area contributed by atoms with Gasteiger partial charge in [0.25, 0.3) is 0 Å². The minimum Gasteiger partial charge on any atom is -0.381 e. The predicted molar refractivity (Wildman–Crippen MR) is 72.8 cm³/mol. The van der Waals surface area contributed by atoms with Crippen molar-refractivity contribution >= 4 is 15.9 Å². The fourth-order valence-corrected chi connectivity index (χ4v) is 1.80. The molecule has 0 bridgehead atoms. The summed E-state index contributed by atoms with van der Waals surface area (Å²) >= 11 is 3.44. The second kappa shape index (κ2) is 8.77. The minimum absolute atomic E-state index is 0.913. The van der Waals surface area contributed by atoms with Gasteiger partial charge < -0.3 is 4.74 Å². The van der Waals surface area contributed by atoms with Gasteiger partial charge in [-0.15, -0.1) is 0 Å². The molecular weight excluding hydrogens is 264 g/mol. The summed E-state index contributed by atoms with van der Waals surface area (Å²) in [4.78, 5) is 0. The van der Waals surface area contributed by atoms with E-state index < -0.39 is 0 Å². The van der Waals surface area contributed by atoms with E-state index in [4.69, 9.17) is 4.74 Å². The first kappa shape index (κ1) is 13.7. The van der Waals surface area contributed by atoms with Gasteiger partial charge in [-0.1, -0.05) is 41.4 Å². The fourth-order valence-electron chi connectivity index (χ4n) is 1.53. The van der Waals surface area contributed by atoms with Crippen LogP contribution < -0.4 is 0 Å². The van der Waals surface area contributed by atoms with Crippen LogP contribution in [-0.2, 0) is 11.2 Å². The Bertz CT molecular complexity index is 269. The van der Waals surface area contributed by atoms with Gasteiger partial charge in [0.15, 0.2) is 0 Å². The van der Waals surface area contributed by atoms with Crippen molar-refractivity contribution in [2.24, 2.45) is 0 Å². The average Bonchev–Trinajstić information content (AvgIpc) is 2.30. The molecule has 0 atom stereocenters. The number of aryl methyl sites for hydroxylation is 1. The van der Waals surface area contributed by atoms with Gasteiger partial charge >= 0.3 is 0 Å². The van der Waals surface area contributed by atoms with Gasteiger partial charge in [-0.3, -0.25) is 0 Å². The number of halogens is 1. The number of hydrogen-bond donors (Lipinski definition) is 0. The molecule has 2 heteroatoms. The standard InChI is InChI=1S/C14H21BrO/c1-2-3-11-16-12-5-4-6-13-7-9-14(15)10-8-13/h7-10H,2-6,11-12H2,1H3. The van der Waals surface area contributed by atoms with E-state index in [1.165, 1.54) is 31.2 Å². The first-order chi connectivity index (χ1) is 7.83. The molecule has 0 saturated heterocycles. The summed E-state index contributed by atoms with van der Waals surface area (Å²) in [6, 6.07) is 8.57. The summed E-state index contributed by atoms with van der Waals surface area (Å²) in [6.07, 6.45) is 5.95. The third-order valence-electron chi connectivity index (χ3n) is 2.56. The fraction of sp³-hybridized carbons (Fsp3) is 0.571. The zero-order chi connectivity index (χ0) is 11.6. The van der Waals surface area contributed by atoms with Crippen molar-refractivity contribution in [3.8, 4) is 0 Å². The van der Waals surface area contributed by atoms with Gasteiger partial charge in [-0.05, 0) is 43.4 Å². The van der Waals surface area contributed by atoms with Crippen LogP contribution in [0, 0.1) is 0 Å². The van der Waals surface area contributed by atoms with Crippen LogP contribution in [0.3, 0.4) is 0 Å². The first-order valence-corrected chi connectivity index (χ1v) is 6.94. The molecule has 0 unspecified atom stereocenters. The Labute approximate surface area is 107 Å². The molecule has 0 saturated carbocycles. The summed E-state index contributed by atoms with van der Waals surface area (Å²) in [5.74, 6) is 0. The number of ether oxygens (including phenoxy) is 1. The molecule has 16 heavy (non-hydrogen) atoms. The van der Waals surface area contributed by atoms with Crippen LogP contribution in [0.1, 0.15) is 38.2 Å². The Hall–Kier alpha value is -0.340. The zero-order valence-corrected chi connectivity index (χ0v) is 11.6. The monoisotopic (exact) mass is 284 g/mol. The van der Waals surface area contributed by atoms with Crippen LogP contribution in [0.5, 0.6) is 0 Å². The van der Waals surface area contributed by atoms with Gasteiger partial charge in [0.1, 0.15) is 0 Å². The summed E-state index contributed by atoms with van der Waals surface area (Å²) < 4.78 is 6.68. The molecule has 90 valence electrons. The lowest BCUT2D eigenvalue weighted by Crippen LogP contribution is -1.97. The van der Waals surface area contributed by atoms with Crippen molar-refractivity contribution in [1.82, 2.24) is 0 Å². The SMILES string of the molecule is CCCCOCCCCc1ccc(Br)cc1. The maximum absolute atomic E-state index is 5.52. The van der Waals surface area contributed by atoms with Crippen molar-refractivity contribution in [1.29, 1.82) is 0 Å². The average molecular weight is 285 g/mol. The Morgan fingerprint density at radius 3 is 2.38 bits per heavy atom. The third-order valence-corrected chi connectivity index (χ3v) is 3.09. The lowest BCUT2D eigenvalue weighted by Gasteiger charge is -2.03. The highest BCUT2D eigenvalue weighted by Gasteiger charge is 1.94. The van der Waals surface area contributed by atoms with E-state index >= 15 is 0 Å². The summed E-state index contributed by atoms with van der Waals surface area (Å²) in [5.41, 5.74) is 1.41. The maximum atomic E-state index is 5.52. The van der Waals surface area contributed by atoms with Gasteiger partial charge in [0.05, 0.1) is 0 Å². The zero-order valence-electron chi connectivity index (χ0n) is 10.0. The summed E-state index contributed by atoms with van der Waals surface area (Å²) in [7, 11) is 0. The first-order valence-electron chi connectivity index (χ1n) is 6.15. The minimum atomic E-state index is 0.913. The van der Waals surface area contributed by atoms with Gasteiger partial charge in [0.2, 0.25) is 0 Å². The molecule has 1 nitrogen and oxygen atoms in total. The van der Waals surface area contributed by atoms with E-state index in [1.54, 1.807) is 0 Å². The second-order valence-corrected chi connectivity index (χ2v) is 4.97. The van der Waals surface area contributed by atoms with E-state index in [0.29, 0.717) is 0 Å². The topological polar surface area (TPSA) is 9.23 Å². The van der Waals surface area contributed by atoms with E-state index in [1.807, 2.05) is 0 Å². The molecule has 0 fully saturated rings. The molecule has 0 spiro atoms. The van der Waals surface area contributed by atoms with Crippen LogP contribution in [0.25, 0.3) is 0 Å². The quantitative estimate of drug-likeness (QED) is 0.635. The van der Waals surface area contributed by atoms with Crippen molar-refractivity contribution < 1.29 is 4.74 Å². The molecule has 1 aromatic carbocycles. The summed E-state index contributed by atoms with van der Waals surface area (Å²) in [5, 5.41) is 0. The summed E-state index contributed by atoms with van der Waals surface area (Å²) in [6.45, 7) is 4.03. The molecule has 0 aromatic heterocycles. The molecule has 0 aliphatic heterocycles. The molecule has 0 radical (unpaired) electrons. The lowest BCUT2D eigenvalue weighted by atomic mass is 10.1. The van der Waals surface area contributed by atoms with E-state index in [0.717, 1.165) is 24.1 Å². The lowest BCUT2D eigenvalue weighted by molar-refractivity contribution is 0.127. The van der Waals surface area contributed by atoms with Crippen LogP contribution in [0.15, 0.2) is 28.7 Å². The highest BCUT2D eigenvalue weighted by molar-refractivity contribution is 9.10. The Morgan fingerprint density at radius 1 is 1.00 bits per heavy atom. The van der Waals surface area contributed by atoms with Crippen molar-refractivity contribution in [2.45, 2.75) is 39.0 Å². The number of rotatable bonds is 8. The van der Waals surface area contributed by atoms with E-state index in [9.17, 15) is 0 Å². The molecule has 1 aromatic rings. The Morgan fingerprint density at radius 2 is 1.69 bits per heavy atom. The molecule has 0 N–H and O–H groups in total. The highest BCUT2D eigenvalue weighted by Crippen LogP contribution is 2.12. The van der Waals surface area contributed by atoms with Crippen LogP contribution in [0.2, 0.25) is 0 Å². The molecular formula is C14H21BrO. The normalized spacial score (nSPS) is 10.6. The van der Waals surface area contributed by atoms with Crippen LogP contribution in [0.4, 0.5) is 0 Å². The number of unbranched alkanes of at least 4 members (excludes halogenated alkanes) is 2. The van der Waals surface area contributed by atoms with Gasteiger partial charge in [-0.2, -0.15) is 0 Å². The molecule has 1 rings (SSSR count). The molecule has 0 heterocycles. The largest absolute Gasteiger partial charge is 0.381 e. The Kier molecular flexibility index (Phi) is 7.52. The van der Waals surface area contributed by atoms with Crippen molar-refractivity contribution in [3.05, 3.63) is 34.3 Å². The number of hydrogen-bond acceptors (Lipinski definition) is 1. The second-order valence-electron chi connectivity index (χ2n) is 4.05. The van der Waals surface area contributed by atoms with Crippen LogP contribution >= 0.6 is 15.9 Å². The Balaban J connectivity index is 2.01. The van der Waals surface area contributed by atoms with Crippen molar-refractivity contribution in [3.63, 3.8) is 0 Å². The molecule has 0 aliphatic rings. The molecule has 0 aliphatic carbocycles. The van der Waals surface area contributed by atoms with Crippen LogP contribution in [-0.4, -0.2) is 13.2 Å². The third kappa shape index (κ3) is 6.29. The number of benzene rings is 1. The van der Waals surface area contributed by atoms with Crippen molar-refractivity contribution in [2.75, 3.05) is 13.2 Å². The van der Waals surface area contributed by atoms with Gasteiger partial charge in [0, 0.05) is 17.7 Å². The van der Waals surface area contributed by atoms with Gasteiger partial charge in [-0.25, -0.2) is 0 Å². The maximum Gasteiger partial charge on any atom is 0.0466 e. The molecule has 0 amide bonds.